The zero-order chi connectivity index (χ0) is 14.3. The summed E-state index contributed by atoms with van der Waals surface area (Å²) in [5, 5.41) is 24.3. The number of nitrogens with zero attached hydrogens (tertiary/aromatic N) is 3. The molecule has 0 bridgehead atoms. The van der Waals surface area contributed by atoms with E-state index in [2.05, 4.69) is 25.6 Å². The molecule has 8 heteroatoms. The maximum absolute atomic E-state index is 9.13. The second-order valence-electron chi connectivity index (χ2n) is 4.12. The quantitative estimate of drug-likeness (QED) is 0.563. The molecule has 1 rings (SSSR count). The monoisotopic (exact) mass is 289 g/mol. The lowest BCUT2D eigenvalue weighted by Gasteiger charge is -2.16. The summed E-state index contributed by atoms with van der Waals surface area (Å²) < 4.78 is 0. The third-order valence-corrected chi connectivity index (χ3v) is 2.87. The molecule has 1 aromatic heterocycles. The van der Waals surface area contributed by atoms with Gasteiger partial charge in [-0.05, 0) is 24.4 Å². The van der Waals surface area contributed by atoms with Gasteiger partial charge in [0.05, 0.1) is 25.3 Å². The van der Waals surface area contributed by atoms with E-state index >= 15 is 0 Å². The largest absolute Gasteiger partial charge is 0.394 e. The minimum atomic E-state index is -0.133. The highest BCUT2D eigenvalue weighted by atomic mass is 35.5. The average Bonchev–Trinajstić information content (AvgIpc) is 2.41. The smallest absolute Gasteiger partial charge is 0.229 e. The maximum atomic E-state index is 9.13. The fourth-order valence-electron chi connectivity index (χ4n) is 1.40. The summed E-state index contributed by atoms with van der Waals surface area (Å²) in [6, 6.07) is -0.266. The van der Waals surface area contributed by atoms with Gasteiger partial charge in [-0.25, -0.2) is 0 Å². The van der Waals surface area contributed by atoms with Gasteiger partial charge in [0.25, 0.3) is 0 Å². The van der Waals surface area contributed by atoms with Crippen LogP contribution in [0.1, 0.15) is 26.7 Å². The van der Waals surface area contributed by atoms with Gasteiger partial charge in [0, 0.05) is 0 Å². The number of halogens is 1. The molecule has 1 heterocycles. The predicted octanol–water partition coefficient (Wildman–Crippen LogP) is 0.891. The second kappa shape index (κ2) is 8.08. The van der Waals surface area contributed by atoms with E-state index in [9.17, 15) is 0 Å². The third kappa shape index (κ3) is 5.14. The van der Waals surface area contributed by atoms with Crippen LogP contribution < -0.4 is 10.6 Å². The lowest BCUT2D eigenvalue weighted by Crippen LogP contribution is -2.26. The average molecular weight is 290 g/mol. The molecule has 0 aliphatic carbocycles. The molecule has 0 aromatic carbocycles. The van der Waals surface area contributed by atoms with Crippen molar-refractivity contribution in [2.75, 3.05) is 23.8 Å². The Kier molecular flexibility index (Phi) is 6.75. The Labute approximate surface area is 117 Å². The first-order valence-corrected chi connectivity index (χ1v) is 6.67. The molecule has 108 valence electrons. The van der Waals surface area contributed by atoms with Gasteiger partial charge >= 0.3 is 0 Å². The third-order valence-electron chi connectivity index (χ3n) is 2.70. The van der Waals surface area contributed by atoms with E-state index in [-0.39, 0.29) is 30.6 Å². The Hall–Kier alpha value is -1.18. The maximum Gasteiger partial charge on any atom is 0.229 e. The first-order valence-electron chi connectivity index (χ1n) is 6.29. The van der Waals surface area contributed by atoms with Gasteiger partial charge in [0.2, 0.25) is 17.2 Å². The van der Waals surface area contributed by atoms with Crippen LogP contribution in [0.3, 0.4) is 0 Å². The molecular formula is C11H20ClN5O2. The Bertz CT molecular complexity index is 353. The topological polar surface area (TPSA) is 103 Å². The Morgan fingerprint density at radius 1 is 0.947 bits per heavy atom. The van der Waals surface area contributed by atoms with Gasteiger partial charge in [-0.2, -0.15) is 15.0 Å². The Balaban J connectivity index is 2.81. The summed E-state index contributed by atoms with van der Waals surface area (Å²) in [6.07, 6.45) is 1.47. The standard InChI is InChI=1S/C11H20ClN5O2/c1-3-7(5-18)13-10-15-9(12)16-11(17-10)14-8(4-2)6-19/h7-8,18-19H,3-6H2,1-2H3,(H2,13,14,15,16,17). The number of anilines is 2. The van der Waals surface area contributed by atoms with Gasteiger partial charge in [-0.1, -0.05) is 13.8 Å². The normalized spacial score (nSPS) is 13.9. The van der Waals surface area contributed by atoms with Crippen LogP contribution in [0.2, 0.25) is 5.28 Å². The van der Waals surface area contributed by atoms with Gasteiger partial charge in [-0.3, -0.25) is 0 Å². The number of aromatic nitrogens is 3. The van der Waals surface area contributed by atoms with Crippen molar-refractivity contribution < 1.29 is 10.2 Å². The van der Waals surface area contributed by atoms with Crippen LogP contribution in [0.25, 0.3) is 0 Å². The number of nitrogens with one attached hydrogen (secondary N) is 2. The van der Waals surface area contributed by atoms with E-state index in [1.807, 2.05) is 13.8 Å². The summed E-state index contributed by atoms with van der Waals surface area (Å²) in [5.41, 5.74) is 0. The molecule has 0 aliphatic heterocycles. The van der Waals surface area contributed by atoms with Crippen LogP contribution in [-0.2, 0) is 0 Å². The van der Waals surface area contributed by atoms with E-state index in [1.54, 1.807) is 0 Å². The van der Waals surface area contributed by atoms with Crippen molar-refractivity contribution in [3.8, 4) is 0 Å². The number of aliphatic hydroxyl groups is 2. The highest BCUT2D eigenvalue weighted by Gasteiger charge is 2.12. The van der Waals surface area contributed by atoms with E-state index in [4.69, 9.17) is 21.8 Å². The van der Waals surface area contributed by atoms with Gasteiger partial charge in [0.15, 0.2) is 0 Å². The van der Waals surface area contributed by atoms with Crippen LogP contribution >= 0.6 is 11.6 Å². The SMILES string of the molecule is CCC(CO)Nc1nc(Cl)nc(NC(CC)CO)n1. The van der Waals surface area contributed by atoms with Gasteiger partial charge in [0.1, 0.15) is 0 Å². The van der Waals surface area contributed by atoms with Gasteiger partial charge < -0.3 is 20.8 Å². The molecule has 2 atom stereocenters. The molecule has 0 saturated heterocycles. The summed E-state index contributed by atoms with van der Waals surface area (Å²) >= 11 is 5.82. The molecule has 0 aliphatic rings. The molecule has 0 amide bonds. The molecule has 0 spiro atoms. The van der Waals surface area contributed by atoms with E-state index in [0.29, 0.717) is 11.9 Å². The lowest BCUT2D eigenvalue weighted by molar-refractivity contribution is 0.271. The molecule has 2 unspecified atom stereocenters. The van der Waals surface area contributed by atoms with Crippen molar-refractivity contribution >= 4 is 23.5 Å². The summed E-state index contributed by atoms with van der Waals surface area (Å²) in [5.74, 6) is 0.604. The van der Waals surface area contributed by atoms with Crippen molar-refractivity contribution in [1.29, 1.82) is 0 Å². The highest BCUT2D eigenvalue weighted by Crippen LogP contribution is 2.12. The molecule has 0 saturated carbocycles. The van der Waals surface area contributed by atoms with Crippen LogP contribution in [0.15, 0.2) is 0 Å². The van der Waals surface area contributed by atoms with Crippen molar-refractivity contribution in [2.24, 2.45) is 0 Å². The number of hydrogen-bond acceptors (Lipinski definition) is 7. The van der Waals surface area contributed by atoms with Crippen molar-refractivity contribution in [2.45, 2.75) is 38.8 Å². The van der Waals surface area contributed by atoms with Crippen molar-refractivity contribution in [3.05, 3.63) is 5.28 Å². The fraction of sp³-hybridized carbons (Fsp3) is 0.727. The van der Waals surface area contributed by atoms with Crippen molar-refractivity contribution in [1.82, 2.24) is 15.0 Å². The zero-order valence-corrected chi connectivity index (χ0v) is 11.9. The first-order chi connectivity index (χ1) is 9.12. The van der Waals surface area contributed by atoms with Crippen LogP contribution in [0, 0.1) is 0 Å². The lowest BCUT2D eigenvalue weighted by atomic mass is 10.2. The Morgan fingerprint density at radius 3 is 1.68 bits per heavy atom. The fourth-order valence-corrected chi connectivity index (χ4v) is 1.56. The summed E-state index contributed by atoms with van der Waals surface area (Å²) in [7, 11) is 0. The molecule has 7 nitrogen and oxygen atoms in total. The number of rotatable bonds is 8. The minimum Gasteiger partial charge on any atom is -0.394 e. The van der Waals surface area contributed by atoms with E-state index in [0.717, 1.165) is 12.8 Å². The molecule has 4 N–H and O–H groups in total. The van der Waals surface area contributed by atoms with Crippen LogP contribution in [0.4, 0.5) is 11.9 Å². The molecule has 1 aromatic rings. The zero-order valence-electron chi connectivity index (χ0n) is 11.1. The predicted molar refractivity (Wildman–Crippen MR) is 74.4 cm³/mol. The number of hydrogen-bond donors (Lipinski definition) is 4. The number of aliphatic hydroxyl groups excluding tert-OH is 2. The van der Waals surface area contributed by atoms with Crippen LogP contribution in [0.5, 0.6) is 0 Å². The highest BCUT2D eigenvalue weighted by molar-refractivity contribution is 6.28. The summed E-state index contributed by atoms with van der Waals surface area (Å²) in [6.45, 7) is 3.84. The molecule has 0 fully saturated rings. The minimum absolute atomic E-state index is 0.0171. The first kappa shape index (κ1) is 15.9. The van der Waals surface area contributed by atoms with Crippen molar-refractivity contribution in [3.63, 3.8) is 0 Å². The summed E-state index contributed by atoms with van der Waals surface area (Å²) in [4.78, 5) is 12.0. The molecular weight excluding hydrogens is 270 g/mol. The molecule has 0 radical (unpaired) electrons. The second-order valence-corrected chi connectivity index (χ2v) is 4.45. The van der Waals surface area contributed by atoms with Crippen LogP contribution in [-0.4, -0.2) is 50.5 Å². The molecule has 19 heavy (non-hydrogen) atoms. The van der Waals surface area contributed by atoms with E-state index in [1.165, 1.54) is 0 Å². The van der Waals surface area contributed by atoms with Gasteiger partial charge in [-0.15, -0.1) is 0 Å². The Morgan fingerprint density at radius 2 is 1.37 bits per heavy atom. The van der Waals surface area contributed by atoms with E-state index < -0.39 is 0 Å².